The molecule has 2 rings (SSSR count). The average molecular weight is 375 g/mol. The highest BCUT2D eigenvalue weighted by Crippen LogP contribution is 2.29. The van der Waals surface area contributed by atoms with Crippen molar-refractivity contribution in [2.24, 2.45) is 0 Å². The Bertz CT molecular complexity index is 779. The van der Waals surface area contributed by atoms with Crippen molar-refractivity contribution in [2.75, 3.05) is 47.3 Å². The summed E-state index contributed by atoms with van der Waals surface area (Å²) in [6.45, 7) is 0.954. The summed E-state index contributed by atoms with van der Waals surface area (Å²) >= 11 is 0. The molecule has 0 saturated carbocycles. The topological polar surface area (TPSA) is 70.5 Å². The molecule has 2 N–H and O–H groups in total. The van der Waals surface area contributed by atoms with Gasteiger partial charge >= 0.3 is 0 Å². The third kappa shape index (κ3) is 5.52. The van der Waals surface area contributed by atoms with Gasteiger partial charge in [0, 0.05) is 23.4 Å². The molecule has 1 amide bonds. The van der Waals surface area contributed by atoms with E-state index in [1.54, 1.807) is 46.6 Å². The molecule has 7 heteroatoms. The van der Waals surface area contributed by atoms with Gasteiger partial charge in [-0.15, -0.1) is 0 Å². The number of rotatable bonds is 9. The van der Waals surface area contributed by atoms with Crippen LogP contribution in [0.1, 0.15) is 5.56 Å². The number of amides is 1. The summed E-state index contributed by atoms with van der Waals surface area (Å²) in [5.74, 6) is 2.57. The van der Waals surface area contributed by atoms with E-state index in [0.717, 1.165) is 22.0 Å². The van der Waals surface area contributed by atoms with E-state index in [4.69, 9.17) is 18.9 Å². The minimum atomic E-state index is -0.0906. The molecular formula is C20H27N2O5+. The molecule has 0 aliphatic heterocycles. The average Bonchev–Trinajstić information content (AvgIpc) is 2.67. The molecule has 0 saturated heterocycles. The number of ether oxygens (including phenoxy) is 4. The molecule has 0 heterocycles. The molecule has 27 heavy (non-hydrogen) atoms. The quantitative estimate of drug-likeness (QED) is 0.693. The van der Waals surface area contributed by atoms with Gasteiger partial charge in [0.15, 0.2) is 18.0 Å². The van der Waals surface area contributed by atoms with Crippen LogP contribution in [0.15, 0.2) is 36.4 Å². The summed E-state index contributed by atoms with van der Waals surface area (Å²) in [6, 6.07) is 10.9. The van der Waals surface area contributed by atoms with Crippen molar-refractivity contribution in [1.29, 1.82) is 0 Å². The Hall–Kier alpha value is -2.93. The molecule has 2 aromatic rings. The predicted molar refractivity (Wildman–Crippen MR) is 103 cm³/mol. The molecular weight excluding hydrogens is 348 g/mol. The number of carbonyl (C=O) groups is 1. The first-order valence-corrected chi connectivity index (χ1v) is 8.54. The first-order valence-electron chi connectivity index (χ1n) is 8.54. The summed E-state index contributed by atoms with van der Waals surface area (Å²) in [5.41, 5.74) is 1.67. The zero-order valence-corrected chi connectivity index (χ0v) is 16.4. The van der Waals surface area contributed by atoms with E-state index in [1.807, 2.05) is 25.2 Å². The Morgan fingerprint density at radius 1 is 0.889 bits per heavy atom. The second-order valence-electron chi connectivity index (χ2n) is 6.11. The highest BCUT2D eigenvalue weighted by atomic mass is 16.5. The zero-order valence-electron chi connectivity index (χ0n) is 16.4. The standard InChI is InChI=1S/C20H26N2O5/c1-22(12-14-6-8-16(24-2)11-18(14)26-4)13-20(23)21-15-7-9-17(25-3)19(10-15)27-5/h6-11H,12-13H2,1-5H3,(H,21,23)/p+1. The van der Waals surface area contributed by atoms with Crippen LogP contribution in [0.25, 0.3) is 0 Å². The third-order valence-corrected chi connectivity index (χ3v) is 4.12. The summed E-state index contributed by atoms with van der Waals surface area (Å²) in [7, 11) is 8.32. The van der Waals surface area contributed by atoms with Crippen LogP contribution < -0.4 is 29.2 Å². The first kappa shape index (κ1) is 20.4. The number of benzene rings is 2. The lowest BCUT2D eigenvalue weighted by Crippen LogP contribution is -3.08. The van der Waals surface area contributed by atoms with E-state index < -0.39 is 0 Å². The van der Waals surface area contributed by atoms with Gasteiger partial charge in [-0.1, -0.05) is 0 Å². The molecule has 0 fully saturated rings. The van der Waals surface area contributed by atoms with Crippen LogP contribution in [-0.4, -0.2) is 47.9 Å². The molecule has 0 spiro atoms. The largest absolute Gasteiger partial charge is 0.497 e. The molecule has 2 aromatic carbocycles. The van der Waals surface area contributed by atoms with Gasteiger partial charge in [0.2, 0.25) is 0 Å². The van der Waals surface area contributed by atoms with E-state index in [-0.39, 0.29) is 5.91 Å². The highest BCUT2D eigenvalue weighted by Gasteiger charge is 2.15. The number of quaternary nitrogens is 1. The van der Waals surface area contributed by atoms with E-state index in [2.05, 4.69) is 5.32 Å². The summed E-state index contributed by atoms with van der Waals surface area (Å²) in [6.07, 6.45) is 0. The van der Waals surface area contributed by atoms with Crippen LogP contribution >= 0.6 is 0 Å². The maximum atomic E-state index is 12.4. The maximum Gasteiger partial charge on any atom is 0.279 e. The summed E-state index contributed by atoms with van der Waals surface area (Å²) in [5, 5.41) is 2.88. The molecule has 0 bridgehead atoms. The fraction of sp³-hybridized carbons (Fsp3) is 0.350. The van der Waals surface area contributed by atoms with Crippen LogP contribution in [0, 0.1) is 0 Å². The zero-order chi connectivity index (χ0) is 19.8. The van der Waals surface area contributed by atoms with Crippen LogP contribution in [0.3, 0.4) is 0 Å². The van der Waals surface area contributed by atoms with Crippen LogP contribution in [0.4, 0.5) is 5.69 Å². The van der Waals surface area contributed by atoms with Gasteiger partial charge in [-0.25, -0.2) is 0 Å². The van der Waals surface area contributed by atoms with Crippen molar-refractivity contribution in [3.8, 4) is 23.0 Å². The van der Waals surface area contributed by atoms with Crippen LogP contribution in [0.5, 0.6) is 23.0 Å². The molecule has 0 aromatic heterocycles. The molecule has 1 unspecified atom stereocenters. The number of anilines is 1. The van der Waals surface area contributed by atoms with E-state index in [1.165, 1.54) is 0 Å². The lowest BCUT2D eigenvalue weighted by Gasteiger charge is -2.16. The van der Waals surface area contributed by atoms with Crippen molar-refractivity contribution < 1.29 is 28.6 Å². The predicted octanol–water partition coefficient (Wildman–Crippen LogP) is 1.37. The van der Waals surface area contributed by atoms with Crippen molar-refractivity contribution in [2.45, 2.75) is 6.54 Å². The third-order valence-electron chi connectivity index (χ3n) is 4.12. The maximum absolute atomic E-state index is 12.4. The second kappa shape index (κ2) is 9.68. The SMILES string of the molecule is COc1ccc(C[NH+](C)CC(=O)Nc2ccc(OC)c(OC)c2)c(OC)c1. The van der Waals surface area contributed by atoms with Crippen molar-refractivity contribution >= 4 is 11.6 Å². The van der Waals surface area contributed by atoms with Gasteiger partial charge in [-0.05, 0) is 24.3 Å². The van der Waals surface area contributed by atoms with Crippen molar-refractivity contribution in [3.05, 3.63) is 42.0 Å². The first-order chi connectivity index (χ1) is 13.0. The van der Waals surface area contributed by atoms with Gasteiger partial charge in [0.25, 0.3) is 5.91 Å². The van der Waals surface area contributed by atoms with Crippen LogP contribution in [-0.2, 0) is 11.3 Å². The Morgan fingerprint density at radius 3 is 2.22 bits per heavy atom. The van der Waals surface area contributed by atoms with Gasteiger partial charge < -0.3 is 29.2 Å². The summed E-state index contributed by atoms with van der Waals surface area (Å²) in [4.78, 5) is 13.4. The number of hydrogen-bond acceptors (Lipinski definition) is 5. The Morgan fingerprint density at radius 2 is 1.59 bits per heavy atom. The number of likely N-dealkylation sites (N-methyl/N-ethyl adjacent to an activating group) is 1. The van der Waals surface area contributed by atoms with Crippen molar-refractivity contribution in [3.63, 3.8) is 0 Å². The number of hydrogen-bond donors (Lipinski definition) is 2. The Kier molecular flexibility index (Phi) is 7.31. The second-order valence-corrected chi connectivity index (χ2v) is 6.11. The van der Waals surface area contributed by atoms with Gasteiger partial charge in [-0.2, -0.15) is 0 Å². The number of nitrogens with one attached hydrogen (secondary N) is 2. The van der Waals surface area contributed by atoms with E-state index >= 15 is 0 Å². The minimum absolute atomic E-state index is 0.0906. The fourth-order valence-corrected chi connectivity index (χ4v) is 2.78. The Labute approximate surface area is 159 Å². The van der Waals surface area contributed by atoms with Gasteiger partial charge in [0.05, 0.1) is 35.5 Å². The van der Waals surface area contributed by atoms with Crippen LogP contribution in [0.2, 0.25) is 0 Å². The summed E-state index contributed by atoms with van der Waals surface area (Å²) < 4.78 is 21.1. The molecule has 146 valence electrons. The molecule has 1 atom stereocenters. The van der Waals surface area contributed by atoms with Crippen molar-refractivity contribution in [1.82, 2.24) is 0 Å². The number of methoxy groups -OCH3 is 4. The molecule has 0 aliphatic carbocycles. The molecule has 0 aliphatic rings. The number of carbonyl (C=O) groups excluding carboxylic acids is 1. The lowest BCUT2D eigenvalue weighted by molar-refractivity contribution is -0.885. The molecule has 7 nitrogen and oxygen atoms in total. The van der Waals surface area contributed by atoms with E-state index in [0.29, 0.717) is 30.3 Å². The Balaban J connectivity index is 1.98. The normalized spacial score (nSPS) is 11.4. The lowest BCUT2D eigenvalue weighted by atomic mass is 10.2. The molecule has 0 radical (unpaired) electrons. The fourth-order valence-electron chi connectivity index (χ4n) is 2.78. The van der Waals surface area contributed by atoms with Gasteiger partial charge in [-0.3, -0.25) is 4.79 Å². The minimum Gasteiger partial charge on any atom is -0.497 e. The monoisotopic (exact) mass is 375 g/mol. The smallest absolute Gasteiger partial charge is 0.279 e. The van der Waals surface area contributed by atoms with Gasteiger partial charge in [0.1, 0.15) is 18.0 Å². The van der Waals surface area contributed by atoms with E-state index in [9.17, 15) is 4.79 Å². The highest BCUT2D eigenvalue weighted by molar-refractivity contribution is 5.91.